The topological polar surface area (TPSA) is 63.6 Å². The van der Waals surface area contributed by atoms with Crippen LogP contribution in [-0.2, 0) is 29.5 Å². The van der Waals surface area contributed by atoms with E-state index in [4.69, 9.17) is 4.74 Å². The molecule has 2 amide bonds. The second-order valence-corrected chi connectivity index (χ2v) is 11.5. The van der Waals surface area contributed by atoms with Crippen LogP contribution in [0.15, 0.2) is 54.7 Å². The van der Waals surface area contributed by atoms with Crippen LogP contribution in [0.3, 0.4) is 0 Å². The van der Waals surface area contributed by atoms with Gasteiger partial charge in [-0.1, -0.05) is 30.3 Å². The van der Waals surface area contributed by atoms with Crippen molar-refractivity contribution in [3.63, 3.8) is 0 Å². The zero-order valence-corrected chi connectivity index (χ0v) is 21.8. The first-order valence-electron chi connectivity index (χ1n) is 13.1. The number of likely N-dealkylation sites (tertiary alicyclic amines) is 1. The standard InChI is InChI=1S/C30H37N3O3/c1-30(2,3)36-29(35)33-19-22(15-20-5-8-23(9-6-20)24-10-11-24)17-27(33)28(34)31-18-21-7-12-26-25(16-21)13-14-32(26)4/h5-9,12-14,16,22,24,27H,10-11,15,17-19H2,1-4H3,(H,31,34)/t22-,27+/m1/s1. The van der Waals surface area contributed by atoms with Crippen LogP contribution < -0.4 is 5.32 Å². The lowest BCUT2D eigenvalue weighted by molar-refractivity contribution is -0.125. The molecule has 6 nitrogen and oxygen atoms in total. The SMILES string of the molecule is Cn1ccc2cc(CNC(=O)[C@@H]3C[C@@H](Cc4ccc(C5CC5)cc4)CN3C(=O)OC(C)(C)C)ccc21. The van der Waals surface area contributed by atoms with E-state index in [0.29, 0.717) is 19.5 Å². The summed E-state index contributed by atoms with van der Waals surface area (Å²) in [5.41, 5.74) is 4.26. The van der Waals surface area contributed by atoms with Gasteiger partial charge >= 0.3 is 6.09 Å². The molecule has 1 aromatic heterocycles. The summed E-state index contributed by atoms with van der Waals surface area (Å²) >= 11 is 0. The van der Waals surface area contributed by atoms with Gasteiger partial charge in [0.1, 0.15) is 11.6 Å². The Balaban J connectivity index is 1.26. The molecule has 2 atom stereocenters. The van der Waals surface area contributed by atoms with Gasteiger partial charge in [-0.15, -0.1) is 0 Å². The van der Waals surface area contributed by atoms with E-state index in [-0.39, 0.29) is 11.8 Å². The summed E-state index contributed by atoms with van der Waals surface area (Å²) in [6, 6.07) is 16.6. The van der Waals surface area contributed by atoms with E-state index in [1.54, 1.807) is 4.90 Å². The number of rotatable bonds is 6. The summed E-state index contributed by atoms with van der Waals surface area (Å²) in [5, 5.41) is 4.22. The Hall–Kier alpha value is -3.28. The van der Waals surface area contributed by atoms with Gasteiger partial charge in [0.25, 0.3) is 0 Å². The second kappa shape index (κ2) is 9.64. The molecule has 1 N–H and O–H groups in total. The highest BCUT2D eigenvalue weighted by molar-refractivity contribution is 5.86. The Morgan fingerprint density at radius 1 is 1.03 bits per heavy atom. The van der Waals surface area contributed by atoms with E-state index >= 15 is 0 Å². The number of carbonyl (C=O) groups excluding carboxylic acids is 2. The smallest absolute Gasteiger partial charge is 0.410 e. The largest absolute Gasteiger partial charge is 0.444 e. The summed E-state index contributed by atoms with van der Waals surface area (Å²) in [7, 11) is 2.02. The summed E-state index contributed by atoms with van der Waals surface area (Å²) in [6.45, 7) is 6.51. The number of aromatic nitrogens is 1. The van der Waals surface area contributed by atoms with Crippen LogP contribution in [0.2, 0.25) is 0 Å². The summed E-state index contributed by atoms with van der Waals surface area (Å²) < 4.78 is 7.75. The highest BCUT2D eigenvalue weighted by Crippen LogP contribution is 2.40. The van der Waals surface area contributed by atoms with Crippen molar-refractivity contribution in [3.8, 4) is 0 Å². The van der Waals surface area contributed by atoms with Crippen molar-refractivity contribution in [3.05, 3.63) is 71.4 Å². The summed E-state index contributed by atoms with van der Waals surface area (Å²) in [6.07, 6.45) is 5.68. The van der Waals surface area contributed by atoms with Crippen molar-refractivity contribution in [1.29, 1.82) is 0 Å². The fourth-order valence-corrected chi connectivity index (χ4v) is 5.27. The molecule has 0 unspecified atom stereocenters. The van der Waals surface area contributed by atoms with Gasteiger partial charge in [0.05, 0.1) is 0 Å². The normalized spacial score (nSPS) is 20.1. The van der Waals surface area contributed by atoms with E-state index in [9.17, 15) is 9.59 Å². The molecule has 1 saturated carbocycles. The van der Waals surface area contributed by atoms with Crippen LogP contribution in [0.1, 0.15) is 62.6 Å². The molecule has 0 bridgehead atoms. The molecule has 6 heteroatoms. The first-order chi connectivity index (χ1) is 17.2. The molecule has 1 aliphatic heterocycles. The van der Waals surface area contributed by atoms with Gasteiger partial charge in [0, 0.05) is 31.9 Å². The number of aryl methyl sites for hydroxylation is 1. The number of hydrogen-bond acceptors (Lipinski definition) is 3. The number of hydrogen-bond donors (Lipinski definition) is 1. The summed E-state index contributed by atoms with van der Waals surface area (Å²) in [4.78, 5) is 28.0. The van der Waals surface area contributed by atoms with E-state index in [0.717, 1.165) is 28.8 Å². The van der Waals surface area contributed by atoms with Gasteiger partial charge < -0.3 is 14.6 Å². The third kappa shape index (κ3) is 5.58. The average Bonchev–Trinajstić information content (AvgIpc) is 3.49. The zero-order valence-electron chi connectivity index (χ0n) is 21.8. The molecule has 5 rings (SSSR count). The Morgan fingerprint density at radius 2 is 1.75 bits per heavy atom. The van der Waals surface area contributed by atoms with Gasteiger partial charge in [-0.25, -0.2) is 4.79 Å². The highest BCUT2D eigenvalue weighted by Gasteiger charge is 2.41. The molecular formula is C30H37N3O3. The first kappa shape index (κ1) is 24.4. The number of carbonyl (C=O) groups is 2. The maximum Gasteiger partial charge on any atom is 0.410 e. The maximum absolute atomic E-state index is 13.3. The molecule has 2 fully saturated rings. The lowest BCUT2D eigenvalue weighted by Gasteiger charge is -2.28. The van der Waals surface area contributed by atoms with E-state index in [1.807, 2.05) is 40.1 Å². The molecule has 36 heavy (non-hydrogen) atoms. The molecule has 0 radical (unpaired) electrons. The lowest BCUT2D eigenvalue weighted by Crippen LogP contribution is -2.47. The number of amides is 2. The Kier molecular flexibility index (Phi) is 6.54. The van der Waals surface area contributed by atoms with Crippen LogP contribution in [0, 0.1) is 5.92 Å². The van der Waals surface area contributed by atoms with Crippen molar-refractivity contribution in [2.24, 2.45) is 13.0 Å². The highest BCUT2D eigenvalue weighted by atomic mass is 16.6. The second-order valence-electron chi connectivity index (χ2n) is 11.5. The van der Waals surface area contributed by atoms with Crippen molar-refractivity contribution >= 4 is 22.9 Å². The number of benzene rings is 2. The number of nitrogens with zero attached hydrogens (tertiary/aromatic N) is 2. The lowest BCUT2D eigenvalue weighted by atomic mass is 9.95. The summed E-state index contributed by atoms with van der Waals surface area (Å²) in [5.74, 6) is 0.824. The monoisotopic (exact) mass is 487 g/mol. The van der Waals surface area contributed by atoms with Gasteiger partial charge in [-0.05, 0) is 98.6 Å². The molecule has 1 aliphatic carbocycles. The first-order valence-corrected chi connectivity index (χ1v) is 13.1. The predicted octanol–water partition coefficient (Wildman–Crippen LogP) is 5.54. The molecule has 2 aromatic carbocycles. The van der Waals surface area contributed by atoms with E-state index < -0.39 is 17.7 Å². The minimum Gasteiger partial charge on any atom is -0.444 e. The Morgan fingerprint density at radius 3 is 2.44 bits per heavy atom. The van der Waals surface area contributed by atoms with Gasteiger partial charge in [0.2, 0.25) is 5.91 Å². The molecule has 2 aliphatic rings. The molecular weight excluding hydrogens is 450 g/mol. The zero-order chi connectivity index (χ0) is 25.4. The minimum absolute atomic E-state index is 0.124. The van der Waals surface area contributed by atoms with Crippen LogP contribution >= 0.6 is 0 Å². The number of fused-ring (bicyclic) bond motifs is 1. The molecule has 3 aromatic rings. The Bertz CT molecular complexity index is 1250. The van der Waals surface area contributed by atoms with Crippen molar-refractivity contribution < 1.29 is 14.3 Å². The maximum atomic E-state index is 13.3. The van der Waals surface area contributed by atoms with Gasteiger partial charge in [-0.2, -0.15) is 0 Å². The molecule has 0 spiro atoms. The van der Waals surface area contributed by atoms with Gasteiger partial charge in [-0.3, -0.25) is 9.69 Å². The predicted molar refractivity (Wildman–Crippen MR) is 142 cm³/mol. The third-order valence-corrected chi connectivity index (χ3v) is 7.29. The molecule has 190 valence electrons. The number of ether oxygens (including phenoxy) is 1. The fourth-order valence-electron chi connectivity index (χ4n) is 5.27. The van der Waals surface area contributed by atoms with Crippen molar-refractivity contribution in [2.45, 2.75) is 70.6 Å². The van der Waals surface area contributed by atoms with Crippen LogP contribution in [0.4, 0.5) is 4.79 Å². The van der Waals surface area contributed by atoms with Crippen LogP contribution in [0.5, 0.6) is 0 Å². The fraction of sp³-hybridized carbons (Fsp3) is 0.467. The van der Waals surface area contributed by atoms with Crippen molar-refractivity contribution in [2.75, 3.05) is 6.54 Å². The van der Waals surface area contributed by atoms with Crippen molar-refractivity contribution in [1.82, 2.24) is 14.8 Å². The van der Waals surface area contributed by atoms with E-state index in [1.165, 1.54) is 24.0 Å². The molecule has 2 heterocycles. The van der Waals surface area contributed by atoms with E-state index in [2.05, 4.69) is 52.3 Å². The molecule has 1 saturated heterocycles. The number of nitrogens with one attached hydrogen (secondary N) is 1. The van der Waals surface area contributed by atoms with Gasteiger partial charge in [0.15, 0.2) is 0 Å². The third-order valence-electron chi connectivity index (χ3n) is 7.29. The average molecular weight is 488 g/mol. The Labute approximate surface area is 213 Å². The quantitative estimate of drug-likeness (QED) is 0.497. The minimum atomic E-state index is -0.611. The van der Waals surface area contributed by atoms with Crippen LogP contribution in [0.25, 0.3) is 10.9 Å². The van der Waals surface area contributed by atoms with Crippen LogP contribution in [-0.4, -0.2) is 39.7 Å².